The average molecular weight is 206 g/mol. The average Bonchev–Trinajstić information content (AvgIpc) is 2.84. The van der Waals surface area contributed by atoms with E-state index in [9.17, 15) is 0 Å². The molecule has 1 atom stereocenters. The van der Waals surface area contributed by atoms with Crippen molar-refractivity contribution < 1.29 is 0 Å². The molecule has 15 heavy (non-hydrogen) atoms. The van der Waals surface area contributed by atoms with Crippen LogP contribution in [0.4, 0.5) is 0 Å². The number of H-pyrrole nitrogens is 1. The molecule has 0 fully saturated rings. The summed E-state index contributed by atoms with van der Waals surface area (Å²) in [6.45, 7) is 2.76. The predicted octanol–water partition coefficient (Wildman–Crippen LogP) is 0.389. The lowest BCUT2D eigenvalue weighted by atomic mass is 10.2. The first-order valence-corrected chi connectivity index (χ1v) is 4.83. The van der Waals surface area contributed by atoms with Gasteiger partial charge in [-0.2, -0.15) is 10.2 Å². The first-order valence-electron chi connectivity index (χ1n) is 4.83. The number of aromatic amines is 1. The third-order valence-corrected chi connectivity index (χ3v) is 2.34. The van der Waals surface area contributed by atoms with Crippen LogP contribution in [0.2, 0.25) is 0 Å². The maximum absolute atomic E-state index is 4.12. The van der Waals surface area contributed by atoms with Crippen LogP contribution in [0.15, 0.2) is 18.6 Å². The van der Waals surface area contributed by atoms with E-state index >= 15 is 0 Å². The lowest BCUT2D eigenvalue weighted by Gasteiger charge is -2.12. The molecule has 2 heterocycles. The predicted molar refractivity (Wildman–Crippen MR) is 54.8 cm³/mol. The van der Waals surface area contributed by atoms with Crippen molar-refractivity contribution in [1.29, 1.82) is 0 Å². The Bertz CT molecular complexity index is 404. The van der Waals surface area contributed by atoms with Gasteiger partial charge in [0.1, 0.15) is 12.2 Å². The van der Waals surface area contributed by atoms with Gasteiger partial charge in [0, 0.05) is 19.3 Å². The highest BCUT2D eigenvalue weighted by Gasteiger charge is 2.08. The Labute approximate surface area is 87.7 Å². The molecule has 2 aromatic rings. The van der Waals surface area contributed by atoms with Crippen LogP contribution >= 0.6 is 0 Å². The Balaban J connectivity index is 1.93. The first kappa shape index (κ1) is 9.85. The number of nitrogens with one attached hydrogen (secondary N) is 2. The molecule has 2 N–H and O–H groups in total. The summed E-state index contributed by atoms with van der Waals surface area (Å²) < 4.78 is 1.86. The van der Waals surface area contributed by atoms with Crippen LogP contribution in [0.3, 0.4) is 0 Å². The Morgan fingerprint density at radius 2 is 2.47 bits per heavy atom. The third-order valence-electron chi connectivity index (χ3n) is 2.34. The fourth-order valence-electron chi connectivity index (χ4n) is 1.48. The zero-order chi connectivity index (χ0) is 10.7. The van der Waals surface area contributed by atoms with Crippen molar-refractivity contribution in [3.8, 4) is 0 Å². The van der Waals surface area contributed by atoms with Crippen molar-refractivity contribution in [2.45, 2.75) is 19.5 Å². The minimum Gasteiger partial charge on any atom is -0.302 e. The van der Waals surface area contributed by atoms with Gasteiger partial charge in [0.05, 0.1) is 12.2 Å². The summed E-state index contributed by atoms with van der Waals surface area (Å²) in [5.74, 6) is 0.837. The van der Waals surface area contributed by atoms with Gasteiger partial charge in [0.25, 0.3) is 0 Å². The molecule has 0 aromatic carbocycles. The summed E-state index contributed by atoms with van der Waals surface area (Å²) in [5.41, 5.74) is 1.15. The van der Waals surface area contributed by atoms with Crippen molar-refractivity contribution >= 4 is 0 Å². The van der Waals surface area contributed by atoms with Crippen LogP contribution in [0.1, 0.15) is 24.5 Å². The van der Waals surface area contributed by atoms with Gasteiger partial charge in [0.2, 0.25) is 0 Å². The van der Waals surface area contributed by atoms with Gasteiger partial charge in [-0.15, -0.1) is 0 Å². The van der Waals surface area contributed by atoms with Crippen molar-refractivity contribution in [3.05, 3.63) is 30.1 Å². The molecule has 0 amide bonds. The molecule has 0 aliphatic rings. The number of hydrogen-bond donors (Lipinski definition) is 2. The van der Waals surface area contributed by atoms with E-state index in [1.54, 1.807) is 6.20 Å². The Kier molecular flexibility index (Phi) is 2.77. The van der Waals surface area contributed by atoms with Gasteiger partial charge < -0.3 is 5.32 Å². The highest BCUT2D eigenvalue weighted by molar-refractivity contribution is 5.05. The second-order valence-corrected chi connectivity index (χ2v) is 3.41. The topological polar surface area (TPSA) is 71.4 Å². The van der Waals surface area contributed by atoms with Gasteiger partial charge in [-0.3, -0.25) is 9.78 Å². The van der Waals surface area contributed by atoms with Crippen molar-refractivity contribution in [2.24, 2.45) is 7.05 Å². The Morgan fingerprint density at radius 1 is 1.60 bits per heavy atom. The molecule has 6 nitrogen and oxygen atoms in total. The van der Waals surface area contributed by atoms with Crippen molar-refractivity contribution in [1.82, 2.24) is 30.3 Å². The van der Waals surface area contributed by atoms with Crippen molar-refractivity contribution in [2.75, 3.05) is 0 Å². The molecule has 1 unspecified atom stereocenters. The summed E-state index contributed by atoms with van der Waals surface area (Å²) in [7, 11) is 1.93. The maximum Gasteiger partial charge on any atom is 0.138 e. The zero-order valence-electron chi connectivity index (χ0n) is 8.81. The van der Waals surface area contributed by atoms with Crippen LogP contribution in [-0.2, 0) is 13.6 Å². The smallest absolute Gasteiger partial charge is 0.138 e. The number of aromatic nitrogens is 5. The van der Waals surface area contributed by atoms with Gasteiger partial charge in [-0.25, -0.2) is 4.98 Å². The van der Waals surface area contributed by atoms with Crippen LogP contribution in [-0.4, -0.2) is 25.0 Å². The van der Waals surface area contributed by atoms with Crippen molar-refractivity contribution in [3.63, 3.8) is 0 Å². The maximum atomic E-state index is 4.12. The van der Waals surface area contributed by atoms with Gasteiger partial charge >= 0.3 is 0 Å². The number of aryl methyl sites for hydroxylation is 1. The largest absolute Gasteiger partial charge is 0.302 e. The second kappa shape index (κ2) is 4.22. The summed E-state index contributed by atoms with van der Waals surface area (Å²) in [6, 6.07) is 2.24. The molecular weight excluding hydrogens is 192 g/mol. The Morgan fingerprint density at radius 3 is 3.07 bits per heavy atom. The van der Waals surface area contributed by atoms with E-state index in [1.807, 2.05) is 17.8 Å². The van der Waals surface area contributed by atoms with E-state index in [4.69, 9.17) is 0 Å². The highest BCUT2D eigenvalue weighted by Crippen LogP contribution is 2.10. The molecule has 0 bridgehead atoms. The van der Waals surface area contributed by atoms with E-state index in [0.29, 0.717) is 6.54 Å². The standard InChI is InChI=1S/C9H14N6/c1-7(8-3-4-13-15(8)2)10-5-9-11-6-12-14-9/h3-4,6-7,10H,5H2,1-2H3,(H,11,12,14). The normalized spacial score (nSPS) is 12.9. The van der Waals surface area contributed by atoms with Gasteiger partial charge in [-0.05, 0) is 13.0 Å². The highest BCUT2D eigenvalue weighted by atomic mass is 15.3. The fraction of sp³-hybridized carbons (Fsp3) is 0.444. The summed E-state index contributed by atoms with van der Waals surface area (Å²) in [4.78, 5) is 4.04. The molecule has 0 saturated carbocycles. The van der Waals surface area contributed by atoms with Crippen LogP contribution in [0.5, 0.6) is 0 Å². The summed E-state index contributed by atoms with van der Waals surface area (Å²) >= 11 is 0. The SMILES string of the molecule is CC(NCc1ncn[nH]1)c1ccnn1C. The minimum atomic E-state index is 0.239. The lowest BCUT2D eigenvalue weighted by Crippen LogP contribution is -2.21. The summed E-state index contributed by atoms with van der Waals surface area (Å²) in [5, 5.41) is 14.1. The quantitative estimate of drug-likeness (QED) is 0.759. The monoisotopic (exact) mass is 206 g/mol. The van der Waals surface area contributed by atoms with E-state index in [-0.39, 0.29) is 6.04 Å². The zero-order valence-corrected chi connectivity index (χ0v) is 8.81. The van der Waals surface area contributed by atoms with Gasteiger partial charge in [-0.1, -0.05) is 0 Å². The van der Waals surface area contributed by atoms with E-state index < -0.39 is 0 Å². The van der Waals surface area contributed by atoms with E-state index in [2.05, 4.69) is 32.5 Å². The minimum absolute atomic E-state index is 0.239. The van der Waals surface area contributed by atoms with Crippen LogP contribution in [0.25, 0.3) is 0 Å². The van der Waals surface area contributed by atoms with E-state index in [0.717, 1.165) is 11.5 Å². The number of hydrogen-bond acceptors (Lipinski definition) is 4. The number of rotatable bonds is 4. The number of nitrogens with zero attached hydrogens (tertiary/aromatic N) is 4. The molecule has 0 saturated heterocycles. The molecule has 0 aliphatic carbocycles. The fourth-order valence-corrected chi connectivity index (χ4v) is 1.48. The summed E-state index contributed by atoms with van der Waals surface area (Å²) in [6.07, 6.45) is 3.30. The van der Waals surface area contributed by atoms with Crippen LogP contribution in [0, 0.1) is 0 Å². The van der Waals surface area contributed by atoms with E-state index in [1.165, 1.54) is 6.33 Å². The molecule has 0 aliphatic heterocycles. The first-order chi connectivity index (χ1) is 7.27. The molecule has 2 aromatic heterocycles. The Hall–Kier alpha value is -1.69. The molecule has 0 radical (unpaired) electrons. The van der Waals surface area contributed by atoms with Gasteiger partial charge in [0.15, 0.2) is 0 Å². The molecule has 6 heteroatoms. The molecule has 80 valence electrons. The molecule has 2 rings (SSSR count). The lowest BCUT2D eigenvalue weighted by molar-refractivity contribution is 0.520. The molecule has 0 spiro atoms. The molecular formula is C9H14N6. The second-order valence-electron chi connectivity index (χ2n) is 3.41. The third kappa shape index (κ3) is 2.21. The van der Waals surface area contributed by atoms with Crippen LogP contribution < -0.4 is 5.32 Å².